The van der Waals surface area contributed by atoms with Crippen LogP contribution in [0.4, 0.5) is 0 Å². The molecule has 1 aromatic carbocycles. The van der Waals surface area contributed by atoms with Gasteiger partial charge in [0.2, 0.25) is 0 Å². The van der Waals surface area contributed by atoms with Gasteiger partial charge in [-0.3, -0.25) is 9.59 Å². The number of rotatable bonds is 10. The first-order valence-electron chi connectivity index (χ1n) is 9.01. The molecule has 1 aromatic heterocycles. The van der Waals surface area contributed by atoms with Crippen molar-refractivity contribution in [3.05, 3.63) is 41.7 Å². The first-order valence-corrected chi connectivity index (χ1v) is 9.01. The Balaban J connectivity index is 2.14. The van der Waals surface area contributed by atoms with Gasteiger partial charge in [-0.2, -0.15) is 0 Å². The molecule has 0 aliphatic rings. The number of aliphatic carboxylic acids is 1. The second-order valence-electron chi connectivity index (χ2n) is 6.43. The zero-order valence-electron chi connectivity index (χ0n) is 16.0. The Labute approximate surface area is 158 Å². The van der Waals surface area contributed by atoms with Crippen molar-refractivity contribution in [3.8, 4) is 5.69 Å². The molecule has 0 fully saturated rings. The molecule has 2 rings (SSSR count). The highest BCUT2D eigenvalue weighted by atomic mass is 16.5. The number of nitrogens with zero attached hydrogens (tertiary/aromatic N) is 4. The van der Waals surface area contributed by atoms with Gasteiger partial charge in [-0.1, -0.05) is 24.3 Å². The molecular weight excluding hydrogens is 348 g/mol. The van der Waals surface area contributed by atoms with E-state index in [1.54, 1.807) is 17.8 Å². The zero-order valence-corrected chi connectivity index (χ0v) is 16.0. The van der Waals surface area contributed by atoms with Crippen LogP contribution in [0.5, 0.6) is 0 Å². The summed E-state index contributed by atoms with van der Waals surface area (Å²) in [6, 6.07) is 7.69. The average molecular weight is 374 g/mol. The van der Waals surface area contributed by atoms with Gasteiger partial charge in [0.1, 0.15) is 0 Å². The molecule has 1 amide bonds. The van der Waals surface area contributed by atoms with E-state index in [0.29, 0.717) is 26.2 Å². The monoisotopic (exact) mass is 374 g/mol. The molecule has 0 bridgehead atoms. The van der Waals surface area contributed by atoms with Crippen molar-refractivity contribution in [1.82, 2.24) is 19.9 Å². The van der Waals surface area contributed by atoms with Gasteiger partial charge in [0.05, 0.1) is 17.8 Å². The summed E-state index contributed by atoms with van der Waals surface area (Å²) in [7, 11) is 0. The fourth-order valence-electron chi connectivity index (χ4n) is 2.61. The summed E-state index contributed by atoms with van der Waals surface area (Å²) in [5, 5.41) is 17.2. The van der Waals surface area contributed by atoms with Crippen molar-refractivity contribution in [2.24, 2.45) is 5.92 Å². The normalized spacial score (nSPS) is 12.0. The van der Waals surface area contributed by atoms with Crippen molar-refractivity contribution < 1.29 is 19.4 Å². The minimum absolute atomic E-state index is 0.109. The molecule has 1 heterocycles. The second kappa shape index (κ2) is 9.82. The Morgan fingerprint density at radius 3 is 2.81 bits per heavy atom. The van der Waals surface area contributed by atoms with E-state index in [4.69, 9.17) is 4.74 Å². The van der Waals surface area contributed by atoms with E-state index < -0.39 is 11.9 Å². The number of carboxylic acids is 1. The van der Waals surface area contributed by atoms with Crippen LogP contribution in [-0.2, 0) is 9.53 Å². The van der Waals surface area contributed by atoms with Crippen LogP contribution in [0.15, 0.2) is 30.5 Å². The molecule has 0 aliphatic carbocycles. The third kappa shape index (κ3) is 5.89. The molecular formula is C19H26N4O4. The maximum absolute atomic E-state index is 12.9. The maximum Gasteiger partial charge on any atom is 0.308 e. The number of benzene rings is 1. The maximum atomic E-state index is 12.9. The average Bonchev–Trinajstić information content (AvgIpc) is 3.13. The quantitative estimate of drug-likeness (QED) is 0.640. The van der Waals surface area contributed by atoms with Crippen LogP contribution in [0.25, 0.3) is 5.69 Å². The topological polar surface area (TPSA) is 97.6 Å². The molecule has 0 saturated carbocycles. The van der Waals surface area contributed by atoms with E-state index in [2.05, 4.69) is 10.3 Å². The lowest BCUT2D eigenvalue weighted by Gasteiger charge is -2.23. The van der Waals surface area contributed by atoms with Gasteiger partial charge in [0, 0.05) is 26.3 Å². The summed E-state index contributed by atoms with van der Waals surface area (Å²) in [5.74, 6) is -1.95. The standard InChI is InChI=1S/C19H26N4O4/c1-4-27-10-6-9-22(12-15(3)19(25)26)18(24)17-13-23(21-20-17)16-8-5-7-14(2)11-16/h5,7-8,11,13,15H,4,6,9-10,12H2,1-3H3,(H,25,26). The Morgan fingerprint density at radius 1 is 1.37 bits per heavy atom. The number of carboxylic acid groups (broad SMARTS) is 1. The van der Waals surface area contributed by atoms with Gasteiger partial charge in [-0.15, -0.1) is 5.10 Å². The number of amides is 1. The number of carbonyl (C=O) groups excluding carboxylic acids is 1. The Hall–Kier alpha value is -2.74. The van der Waals surface area contributed by atoms with Crippen molar-refractivity contribution in [1.29, 1.82) is 0 Å². The molecule has 8 nitrogen and oxygen atoms in total. The minimum atomic E-state index is -0.943. The molecule has 27 heavy (non-hydrogen) atoms. The smallest absolute Gasteiger partial charge is 0.308 e. The first-order chi connectivity index (χ1) is 12.9. The van der Waals surface area contributed by atoms with E-state index in [0.717, 1.165) is 11.3 Å². The molecule has 1 unspecified atom stereocenters. The van der Waals surface area contributed by atoms with Gasteiger partial charge in [-0.05, 0) is 38.0 Å². The molecule has 0 aliphatic heterocycles. The van der Waals surface area contributed by atoms with Crippen molar-refractivity contribution >= 4 is 11.9 Å². The first kappa shape index (κ1) is 20.6. The highest BCUT2D eigenvalue weighted by molar-refractivity contribution is 5.92. The van der Waals surface area contributed by atoms with Crippen LogP contribution in [0.1, 0.15) is 36.3 Å². The summed E-state index contributed by atoms with van der Waals surface area (Å²) in [6.07, 6.45) is 2.19. The van der Waals surface area contributed by atoms with Gasteiger partial charge in [0.15, 0.2) is 5.69 Å². The van der Waals surface area contributed by atoms with Crippen molar-refractivity contribution in [2.75, 3.05) is 26.3 Å². The number of ether oxygens (including phenoxy) is 1. The molecule has 1 atom stereocenters. The number of aryl methyl sites for hydroxylation is 1. The van der Waals surface area contributed by atoms with Crippen LogP contribution >= 0.6 is 0 Å². The third-order valence-corrected chi connectivity index (χ3v) is 4.10. The largest absolute Gasteiger partial charge is 0.481 e. The Kier molecular flexibility index (Phi) is 7.48. The van der Waals surface area contributed by atoms with Gasteiger partial charge in [-0.25, -0.2) is 4.68 Å². The highest BCUT2D eigenvalue weighted by Gasteiger charge is 2.23. The van der Waals surface area contributed by atoms with Gasteiger partial charge < -0.3 is 14.7 Å². The predicted molar refractivity (Wildman–Crippen MR) is 99.9 cm³/mol. The van der Waals surface area contributed by atoms with Crippen molar-refractivity contribution in [3.63, 3.8) is 0 Å². The SMILES string of the molecule is CCOCCCN(CC(C)C(=O)O)C(=O)c1cn(-c2cccc(C)c2)nn1. The lowest BCUT2D eigenvalue weighted by atomic mass is 10.1. The second-order valence-corrected chi connectivity index (χ2v) is 6.43. The number of aromatic nitrogens is 3. The molecule has 0 spiro atoms. The molecule has 1 N–H and O–H groups in total. The molecule has 0 radical (unpaired) electrons. The van der Waals surface area contributed by atoms with Crippen LogP contribution < -0.4 is 0 Å². The van der Waals surface area contributed by atoms with Gasteiger partial charge >= 0.3 is 5.97 Å². The highest BCUT2D eigenvalue weighted by Crippen LogP contribution is 2.12. The summed E-state index contributed by atoms with van der Waals surface area (Å²) in [4.78, 5) is 25.6. The Morgan fingerprint density at radius 2 is 2.15 bits per heavy atom. The summed E-state index contributed by atoms with van der Waals surface area (Å²) < 4.78 is 6.85. The lowest BCUT2D eigenvalue weighted by Crippen LogP contribution is -2.38. The van der Waals surface area contributed by atoms with Crippen LogP contribution in [0.3, 0.4) is 0 Å². The number of hydrogen-bond acceptors (Lipinski definition) is 5. The fraction of sp³-hybridized carbons (Fsp3) is 0.474. The van der Waals surface area contributed by atoms with Gasteiger partial charge in [0.25, 0.3) is 5.91 Å². The summed E-state index contributed by atoms with van der Waals surface area (Å²) >= 11 is 0. The van der Waals surface area contributed by atoms with Crippen LogP contribution in [0, 0.1) is 12.8 Å². The fourth-order valence-corrected chi connectivity index (χ4v) is 2.61. The van der Waals surface area contributed by atoms with Crippen molar-refractivity contribution in [2.45, 2.75) is 27.2 Å². The summed E-state index contributed by atoms with van der Waals surface area (Å²) in [5.41, 5.74) is 2.07. The number of carbonyl (C=O) groups is 2. The molecule has 2 aromatic rings. The molecule has 8 heteroatoms. The van der Waals surface area contributed by atoms with E-state index in [1.165, 1.54) is 4.90 Å². The van der Waals surface area contributed by atoms with E-state index in [1.807, 2.05) is 38.1 Å². The minimum Gasteiger partial charge on any atom is -0.481 e. The number of hydrogen-bond donors (Lipinski definition) is 1. The Bertz CT molecular complexity index is 775. The van der Waals surface area contributed by atoms with E-state index in [-0.39, 0.29) is 18.1 Å². The van der Waals surface area contributed by atoms with Crippen LogP contribution in [0.2, 0.25) is 0 Å². The van der Waals surface area contributed by atoms with Crippen LogP contribution in [-0.4, -0.2) is 63.2 Å². The molecule has 146 valence electrons. The van der Waals surface area contributed by atoms with E-state index >= 15 is 0 Å². The summed E-state index contributed by atoms with van der Waals surface area (Å²) in [6.45, 7) is 7.07. The lowest BCUT2D eigenvalue weighted by molar-refractivity contribution is -0.141. The zero-order chi connectivity index (χ0) is 19.8. The predicted octanol–water partition coefficient (Wildman–Crippen LogP) is 2.17. The third-order valence-electron chi connectivity index (χ3n) is 4.10. The van der Waals surface area contributed by atoms with E-state index in [9.17, 15) is 14.7 Å². The molecule has 0 saturated heterocycles.